The molecule has 0 saturated carbocycles. The molecule has 1 aromatic heterocycles. The summed E-state index contributed by atoms with van der Waals surface area (Å²) in [6.07, 6.45) is 1.70. The Hall–Kier alpha value is -2.92. The maximum Gasteiger partial charge on any atom is 0.259 e. The molecule has 168 valence electrons. The van der Waals surface area contributed by atoms with Gasteiger partial charge in [0.05, 0.1) is 19.0 Å². The van der Waals surface area contributed by atoms with E-state index in [4.69, 9.17) is 4.98 Å². The fourth-order valence-corrected chi connectivity index (χ4v) is 4.33. The van der Waals surface area contributed by atoms with Crippen molar-refractivity contribution in [2.75, 3.05) is 18.1 Å². The summed E-state index contributed by atoms with van der Waals surface area (Å²) >= 11 is 0. The van der Waals surface area contributed by atoms with Crippen LogP contribution in [0.4, 0.5) is 11.6 Å². The van der Waals surface area contributed by atoms with Crippen molar-refractivity contribution in [1.29, 1.82) is 0 Å². The van der Waals surface area contributed by atoms with Gasteiger partial charge in [-0.1, -0.05) is 56.3 Å². The molecule has 5 heteroatoms. The zero-order valence-corrected chi connectivity index (χ0v) is 19.9. The van der Waals surface area contributed by atoms with Crippen LogP contribution < -0.4 is 10.5 Å². The monoisotopic (exact) mass is 430 g/mol. The lowest BCUT2D eigenvalue weighted by Gasteiger charge is -2.39. The highest BCUT2D eigenvalue weighted by molar-refractivity contribution is 5.64. The molecule has 2 aromatic carbocycles. The molecule has 1 aliphatic rings. The number of aromatic nitrogens is 2. The van der Waals surface area contributed by atoms with Crippen LogP contribution in [0.5, 0.6) is 0 Å². The zero-order chi connectivity index (χ0) is 22.8. The molecule has 0 saturated heterocycles. The Kier molecular flexibility index (Phi) is 6.47. The Morgan fingerprint density at radius 3 is 2.44 bits per heavy atom. The van der Waals surface area contributed by atoms with Gasteiger partial charge in [-0.25, -0.2) is 4.98 Å². The highest BCUT2D eigenvalue weighted by atomic mass is 16.1. The molecule has 0 amide bonds. The van der Waals surface area contributed by atoms with Crippen molar-refractivity contribution >= 4 is 11.6 Å². The molecule has 32 heavy (non-hydrogen) atoms. The number of hydrogen-bond acceptors (Lipinski definition) is 4. The molecule has 2 heterocycles. The number of rotatable bonds is 6. The number of aryl methyl sites for hydroxylation is 2. The van der Waals surface area contributed by atoms with E-state index in [0.717, 1.165) is 48.1 Å². The Bertz CT molecular complexity index is 1150. The summed E-state index contributed by atoms with van der Waals surface area (Å²) in [4.78, 5) is 23.3. The SMILES string of the molecule is Cc1cccc(N2CN(CCC(C)C)Cn3c2nc(C)c(Cc2ccccc2)c3=O)c1C. The predicted octanol–water partition coefficient (Wildman–Crippen LogP) is 5.17. The largest absolute Gasteiger partial charge is 0.298 e. The van der Waals surface area contributed by atoms with Crippen LogP contribution in [0.25, 0.3) is 0 Å². The van der Waals surface area contributed by atoms with Gasteiger partial charge in [-0.15, -0.1) is 0 Å². The number of nitrogens with zero attached hydrogens (tertiary/aromatic N) is 4. The van der Waals surface area contributed by atoms with Crippen LogP contribution in [-0.2, 0) is 13.1 Å². The molecule has 3 aromatic rings. The van der Waals surface area contributed by atoms with Crippen molar-refractivity contribution in [2.45, 2.75) is 54.1 Å². The van der Waals surface area contributed by atoms with E-state index in [0.29, 0.717) is 19.0 Å². The minimum absolute atomic E-state index is 0.0703. The van der Waals surface area contributed by atoms with Crippen molar-refractivity contribution in [1.82, 2.24) is 14.5 Å². The summed E-state index contributed by atoms with van der Waals surface area (Å²) < 4.78 is 1.87. The Labute approximate surface area is 191 Å². The van der Waals surface area contributed by atoms with Gasteiger partial charge in [0, 0.05) is 24.2 Å². The molecule has 0 spiro atoms. The molecule has 4 rings (SSSR count). The van der Waals surface area contributed by atoms with Gasteiger partial charge in [0.25, 0.3) is 5.56 Å². The van der Waals surface area contributed by atoms with E-state index in [1.165, 1.54) is 11.1 Å². The molecule has 0 N–H and O–H groups in total. The number of anilines is 2. The van der Waals surface area contributed by atoms with Gasteiger partial charge in [0.15, 0.2) is 0 Å². The van der Waals surface area contributed by atoms with Crippen molar-refractivity contribution in [2.24, 2.45) is 5.92 Å². The Morgan fingerprint density at radius 1 is 0.969 bits per heavy atom. The summed E-state index contributed by atoms with van der Waals surface area (Å²) in [6, 6.07) is 16.5. The van der Waals surface area contributed by atoms with Gasteiger partial charge in [-0.3, -0.25) is 19.2 Å². The molecular weight excluding hydrogens is 396 g/mol. The third-order valence-electron chi connectivity index (χ3n) is 6.49. The summed E-state index contributed by atoms with van der Waals surface area (Å²) in [6.45, 7) is 13.0. The van der Waals surface area contributed by atoms with Crippen LogP contribution in [0.1, 0.15) is 48.2 Å². The fourth-order valence-electron chi connectivity index (χ4n) is 4.33. The summed E-state index contributed by atoms with van der Waals surface area (Å²) in [5.74, 6) is 1.37. The second kappa shape index (κ2) is 9.29. The maximum absolute atomic E-state index is 13.7. The van der Waals surface area contributed by atoms with Crippen LogP contribution in [0.3, 0.4) is 0 Å². The number of hydrogen-bond donors (Lipinski definition) is 0. The van der Waals surface area contributed by atoms with Gasteiger partial charge in [0.1, 0.15) is 0 Å². The molecule has 1 aliphatic heterocycles. The first-order valence-corrected chi connectivity index (χ1v) is 11.6. The van der Waals surface area contributed by atoms with Crippen molar-refractivity contribution < 1.29 is 0 Å². The molecule has 0 radical (unpaired) electrons. The molecule has 0 unspecified atom stereocenters. The Balaban J connectivity index is 1.80. The first-order valence-electron chi connectivity index (χ1n) is 11.6. The molecular formula is C27H34N4O. The summed E-state index contributed by atoms with van der Waals surface area (Å²) in [7, 11) is 0. The van der Waals surface area contributed by atoms with Gasteiger partial charge < -0.3 is 0 Å². The van der Waals surface area contributed by atoms with Gasteiger partial charge in [-0.2, -0.15) is 0 Å². The molecule has 5 nitrogen and oxygen atoms in total. The van der Waals surface area contributed by atoms with Crippen LogP contribution in [-0.4, -0.2) is 27.7 Å². The minimum Gasteiger partial charge on any atom is -0.298 e. The smallest absolute Gasteiger partial charge is 0.259 e. The lowest BCUT2D eigenvalue weighted by Crippen LogP contribution is -2.48. The average molecular weight is 431 g/mol. The standard InChI is InChI=1S/C27H34N4O/c1-19(2)14-15-29-17-30(25-13-9-10-20(3)21(25)4)27-28-22(5)24(26(32)31(27)18-29)16-23-11-7-6-8-12-23/h6-13,19H,14-18H2,1-5H3. The predicted molar refractivity (Wildman–Crippen MR) is 132 cm³/mol. The first kappa shape index (κ1) is 22.3. The topological polar surface area (TPSA) is 41.4 Å². The van der Waals surface area contributed by atoms with E-state index >= 15 is 0 Å². The second-order valence-electron chi connectivity index (χ2n) is 9.38. The van der Waals surface area contributed by atoms with E-state index in [9.17, 15) is 4.79 Å². The van der Waals surface area contributed by atoms with Crippen molar-refractivity contribution in [3.8, 4) is 0 Å². The van der Waals surface area contributed by atoms with Crippen LogP contribution in [0.15, 0.2) is 53.3 Å². The molecule has 0 aliphatic carbocycles. The van der Waals surface area contributed by atoms with Crippen LogP contribution in [0, 0.1) is 26.7 Å². The average Bonchev–Trinajstić information content (AvgIpc) is 2.78. The van der Waals surface area contributed by atoms with E-state index in [1.54, 1.807) is 0 Å². The van der Waals surface area contributed by atoms with Gasteiger partial charge in [0.2, 0.25) is 5.95 Å². The Morgan fingerprint density at radius 2 is 1.72 bits per heavy atom. The molecule has 0 fully saturated rings. The van der Waals surface area contributed by atoms with E-state index in [2.05, 4.69) is 67.8 Å². The second-order valence-corrected chi connectivity index (χ2v) is 9.38. The highest BCUT2D eigenvalue weighted by Gasteiger charge is 2.28. The van der Waals surface area contributed by atoms with Crippen molar-refractivity contribution in [3.05, 3.63) is 86.8 Å². The van der Waals surface area contributed by atoms with E-state index in [-0.39, 0.29) is 5.56 Å². The van der Waals surface area contributed by atoms with Crippen molar-refractivity contribution in [3.63, 3.8) is 0 Å². The maximum atomic E-state index is 13.7. The van der Waals surface area contributed by atoms with Gasteiger partial charge in [-0.05, 0) is 55.9 Å². The highest BCUT2D eigenvalue weighted by Crippen LogP contribution is 2.31. The number of fused-ring (bicyclic) bond motifs is 1. The normalized spacial score (nSPS) is 14.1. The van der Waals surface area contributed by atoms with Gasteiger partial charge >= 0.3 is 0 Å². The molecule has 0 atom stereocenters. The summed E-state index contributed by atoms with van der Waals surface area (Å²) in [5, 5.41) is 0. The third kappa shape index (κ3) is 4.49. The first-order chi connectivity index (χ1) is 15.3. The molecule has 0 bridgehead atoms. The number of benzene rings is 2. The van der Waals surface area contributed by atoms with E-state index in [1.807, 2.05) is 29.7 Å². The lowest BCUT2D eigenvalue weighted by molar-refractivity contribution is 0.188. The summed E-state index contributed by atoms with van der Waals surface area (Å²) in [5.41, 5.74) is 6.39. The lowest BCUT2D eigenvalue weighted by atomic mass is 10.0. The van der Waals surface area contributed by atoms with E-state index < -0.39 is 0 Å². The quantitative estimate of drug-likeness (QED) is 0.541. The third-order valence-corrected chi connectivity index (χ3v) is 6.49. The fraction of sp³-hybridized carbons (Fsp3) is 0.407. The zero-order valence-electron chi connectivity index (χ0n) is 19.9. The van der Waals surface area contributed by atoms with Crippen LogP contribution >= 0.6 is 0 Å². The minimum atomic E-state index is 0.0703. The van der Waals surface area contributed by atoms with Crippen LogP contribution in [0.2, 0.25) is 0 Å².